The maximum atomic E-state index is 12.0. The molecule has 3 aromatic rings. The van der Waals surface area contributed by atoms with Crippen LogP contribution in [0.15, 0.2) is 21.1 Å². The predicted molar refractivity (Wildman–Crippen MR) is 93.3 cm³/mol. The molecule has 3 aromatic heterocycles. The molecule has 0 bridgehead atoms. The van der Waals surface area contributed by atoms with Gasteiger partial charge in [-0.05, 0) is 25.3 Å². The fraction of sp³-hybridized carbons (Fsp3) is 0.214. The third-order valence-corrected chi connectivity index (χ3v) is 5.58. The number of anilines is 1. The van der Waals surface area contributed by atoms with Crippen LogP contribution in [0.1, 0.15) is 16.3 Å². The van der Waals surface area contributed by atoms with Crippen molar-refractivity contribution < 1.29 is 9.21 Å². The summed E-state index contributed by atoms with van der Waals surface area (Å²) in [5.74, 6) is 0.292. The number of carbonyl (C=O) groups excluding carboxylic acids is 1. The molecule has 10 heteroatoms. The number of thiazole rings is 1. The van der Waals surface area contributed by atoms with Gasteiger partial charge in [0, 0.05) is 0 Å². The Morgan fingerprint density at radius 3 is 3.00 bits per heavy atom. The van der Waals surface area contributed by atoms with Gasteiger partial charge in [0.15, 0.2) is 0 Å². The summed E-state index contributed by atoms with van der Waals surface area (Å²) in [5.41, 5.74) is 1.30. The van der Waals surface area contributed by atoms with Crippen molar-refractivity contribution in [2.24, 2.45) is 0 Å². The van der Waals surface area contributed by atoms with E-state index in [0.29, 0.717) is 21.7 Å². The van der Waals surface area contributed by atoms with E-state index in [1.165, 1.54) is 22.7 Å². The molecular weight excluding hydrogens is 366 g/mol. The molecular formula is C14H11N5O2S3. The number of hydrogen-bond acceptors (Lipinski definition) is 9. The molecule has 122 valence electrons. The number of hydrogen-bond donors (Lipinski definition) is 1. The van der Waals surface area contributed by atoms with Gasteiger partial charge in [-0.3, -0.25) is 4.79 Å². The van der Waals surface area contributed by atoms with Gasteiger partial charge in [-0.25, -0.2) is 4.98 Å². The lowest BCUT2D eigenvalue weighted by Crippen LogP contribution is -2.13. The minimum absolute atomic E-state index is 0.116. The highest BCUT2D eigenvalue weighted by molar-refractivity contribution is 7.99. The maximum absolute atomic E-state index is 12.0. The number of carbonyl (C=O) groups is 1. The summed E-state index contributed by atoms with van der Waals surface area (Å²) in [5, 5.41) is 23.1. The summed E-state index contributed by atoms with van der Waals surface area (Å²) in [6, 6.07) is 3.69. The second-order valence-corrected chi connectivity index (χ2v) is 7.68. The van der Waals surface area contributed by atoms with Gasteiger partial charge in [0.05, 0.1) is 22.0 Å². The Morgan fingerprint density at radius 2 is 2.29 bits per heavy atom. The van der Waals surface area contributed by atoms with Crippen molar-refractivity contribution in [3.8, 4) is 16.8 Å². The molecule has 0 aliphatic carbocycles. The minimum Gasteiger partial charge on any atom is -0.410 e. The van der Waals surface area contributed by atoms with Gasteiger partial charge in [0.1, 0.15) is 15.9 Å². The number of amides is 1. The van der Waals surface area contributed by atoms with E-state index in [9.17, 15) is 4.79 Å². The van der Waals surface area contributed by atoms with E-state index < -0.39 is 0 Å². The third kappa shape index (κ3) is 3.64. The van der Waals surface area contributed by atoms with E-state index in [0.717, 1.165) is 27.3 Å². The lowest BCUT2D eigenvalue weighted by molar-refractivity contribution is -0.113. The summed E-state index contributed by atoms with van der Waals surface area (Å²) in [4.78, 5) is 17.1. The van der Waals surface area contributed by atoms with E-state index in [1.807, 2.05) is 19.9 Å². The highest BCUT2D eigenvalue weighted by atomic mass is 32.2. The average Bonchev–Trinajstić information content (AvgIpc) is 3.25. The Balaban J connectivity index is 1.60. The standard InChI is InChI=1S/C14H11N5O2S3/c1-7-11(24-8(2)16-7)12-18-19-14(21-12)23-6-10(20)17-13-9(5-15)3-4-22-13/h3-4H,6H2,1-2H3,(H,17,20). The van der Waals surface area contributed by atoms with Crippen molar-refractivity contribution in [1.29, 1.82) is 5.26 Å². The summed E-state index contributed by atoms with van der Waals surface area (Å²) in [6.45, 7) is 3.80. The fourth-order valence-corrected chi connectivity index (χ4v) is 4.03. The van der Waals surface area contributed by atoms with Crippen LogP contribution in [0.3, 0.4) is 0 Å². The molecule has 3 rings (SSSR count). The molecule has 0 saturated carbocycles. The molecule has 1 N–H and O–H groups in total. The number of nitrogens with zero attached hydrogens (tertiary/aromatic N) is 4. The maximum Gasteiger partial charge on any atom is 0.277 e. The Morgan fingerprint density at radius 1 is 1.46 bits per heavy atom. The number of thioether (sulfide) groups is 1. The summed E-state index contributed by atoms with van der Waals surface area (Å²) in [6.07, 6.45) is 0. The van der Waals surface area contributed by atoms with Crippen LogP contribution >= 0.6 is 34.4 Å². The number of thiophene rings is 1. The zero-order valence-electron chi connectivity index (χ0n) is 12.7. The molecule has 24 heavy (non-hydrogen) atoms. The molecule has 0 aliphatic heterocycles. The van der Waals surface area contributed by atoms with Crippen molar-refractivity contribution in [2.75, 3.05) is 11.1 Å². The Hall–Kier alpha value is -2.22. The van der Waals surface area contributed by atoms with Gasteiger partial charge in [-0.1, -0.05) is 11.8 Å². The SMILES string of the molecule is Cc1nc(C)c(-c2nnc(SCC(=O)Nc3sccc3C#N)o2)s1. The van der Waals surface area contributed by atoms with Crippen LogP contribution in [0.25, 0.3) is 10.8 Å². The van der Waals surface area contributed by atoms with Gasteiger partial charge in [-0.2, -0.15) is 5.26 Å². The molecule has 3 heterocycles. The zero-order valence-corrected chi connectivity index (χ0v) is 15.1. The second-order valence-electron chi connectivity index (χ2n) is 4.63. The highest BCUT2D eigenvalue weighted by Crippen LogP contribution is 2.30. The molecule has 1 amide bonds. The minimum atomic E-state index is -0.233. The Bertz CT molecular complexity index is 921. The van der Waals surface area contributed by atoms with Crippen LogP contribution in [0, 0.1) is 25.2 Å². The molecule has 0 atom stereocenters. The highest BCUT2D eigenvalue weighted by Gasteiger charge is 2.16. The number of aryl methyl sites for hydroxylation is 2. The Labute approximate surface area is 149 Å². The van der Waals surface area contributed by atoms with Gasteiger partial charge in [-0.15, -0.1) is 32.9 Å². The van der Waals surface area contributed by atoms with Crippen molar-refractivity contribution in [3.05, 3.63) is 27.7 Å². The van der Waals surface area contributed by atoms with Gasteiger partial charge < -0.3 is 9.73 Å². The third-order valence-electron chi connectivity index (χ3n) is 2.87. The van der Waals surface area contributed by atoms with E-state index >= 15 is 0 Å². The van der Waals surface area contributed by atoms with Crippen LogP contribution in [0.5, 0.6) is 0 Å². The van der Waals surface area contributed by atoms with Crippen molar-refractivity contribution in [1.82, 2.24) is 15.2 Å². The molecule has 0 radical (unpaired) electrons. The van der Waals surface area contributed by atoms with E-state index in [-0.39, 0.29) is 11.7 Å². The first kappa shape index (κ1) is 16.6. The molecule has 7 nitrogen and oxygen atoms in total. The van der Waals surface area contributed by atoms with Crippen LogP contribution in [-0.2, 0) is 4.79 Å². The molecule has 0 spiro atoms. The molecule has 0 unspecified atom stereocenters. The number of nitrogens with one attached hydrogen (secondary N) is 1. The molecule has 0 saturated heterocycles. The fourth-order valence-electron chi connectivity index (χ4n) is 1.87. The smallest absolute Gasteiger partial charge is 0.277 e. The first-order valence-electron chi connectivity index (χ1n) is 6.75. The topological polar surface area (TPSA) is 105 Å². The van der Waals surface area contributed by atoms with Crippen molar-refractivity contribution >= 4 is 45.3 Å². The van der Waals surface area contributed by atoms with Gasteiger partial charge >= 0.3 is 0 Å². The van der Waals surface area contributed by atoms with Crippen molar-refractivity contribution in [2.45, 2.75) is 19.1 Å². The van der Waals surface area contributed by atoms with E-state index in [1.54, 1.807) is 11.4 Å². The summed E-state index contributed by atoms with van der Waals surface area (Å²) >= 11 is 3.94. The normalized spacial score (nSPS) is 10.5. The van der Waals surface area contributed by atoms with E-state index in [2.05, 4.69) is 20.5 Å². The zero-order chi connectivity index (χ0) is 17.1. The number of aromatic nitrogens is 3. The summed E-state index contributed by atoms with van der Waals surface area (Å²) in [7, 11) is 0. The number of nitriles is 1. The van der Waals surface area contributed by atoms with Gasteiger partial charge in [0.2, 0.25) is 5.91 Å². The molecule has 0 aromatic carbocycles. The second kappa shape index (κ2) is 7.12. The lowest BCUT2D eigenvalue weighted by Gasteiger charge is -2.00. The monoisotopic (exact) mass is 377 g/mol. The lowest BCUT2D eigenvalue weighted by atomic mass is 10.3. The Kier molecular flexibility index (Phi) is 4.94. The first-order valence-corrected chi connectivity index (χ1v) is 9.43. The number of rotatable bonds is 5. The first-order chi connectivity index (χ1) is 11.6. The quantitative estimate of drug-likeness (QED) is 0.679. The largest absolute Gasteiger partial charge is 0.410 e. The van der Waals surface area contributed by atoms with E-state index in [4.69, 9.17) is 9.68 Å². The van der Waals surface area contributed by atoms with Crippen LogP contribution in [-0.4, -0.2) is 26.8 Å². The molecule has 0 aliphatic rings. The van der Waals surface area contributed by atoms with Crippen LogP contribution in [0.4, 0.5) is 5.00 Å². The van der Waals surface area contributed by atoms with Crippen LogP contribution in [0.2, 0.25) is 0 Å². The van der Waals surface area contributed by atoms with Gasteiger partial charge in [0.25, 0.3) is 11.1 Å². The average molecular weight is 377 g/mol. The molecule has 0 fully saturated rings. The predicted octanol–water partition coefficient (Wildman–Crippen LogP) is 3.47. The van der Waals surface area contributed by atoms with Crippen molar-refractivity contribution in [3.63, 3.8) is 0 Å². The van der Waals surface area contributed by atoms with Crippen LogP contribution < -0.4 is 5.32 Å². The summed E-state index contributed by atoms with van der Waals surface area (Å²) < 4.78 is 5.58.